The van der Waals surface area contributed by atoms with Crippen LogP contribution in [0.3, 0.4) is 0 Å². The Balaban J connectivity index is 3.98. The average Bonchev–Trinajstić information content (AvgIpc) is 2.26. The summed E-state index contributed by atoms with van der Waals surface area (Å²) in [6, 6.07) is 0.171. The molecule has 0 saturated carbocycles. The first kappa shape index (κ1) is 15.9. The Hall–Kier alpha value is -1.10. The Morgan fingerprint density at radius 1 is 1.29 bits per heavy atom. The quantitative estimate of drug-likeness (QED) is 0.671. The number of hydrogen-bond donors (Lipinski definition) is 1. The molecule has 2 atom stereocenters. The first-order chi connectivity index (χ1) is 7.88. The molecular formula is C12H24N2O3. The Bertz CT molecular complexity index is 254. The third-order valence-electron chi connectivity index (χ3n) is 2.69. The molecule has 0 rings (SSSR count). The summed E-state index contributed by atoms with van der Waals surface area (Å²) >= 11 is 0. The van der Waals surface area contributed by atoms with E-state index in [1.54, 1.807) is 7.05 Å². The molecule has 1 amide bonds. The molecule has 100 valence electrons. The second-order valence-corrected chi connectivity index (χ2v) is 4.58. The fourth-order valence-corrected chi connectivity index (χ4v) is 1.58. The third kappa shape index (κ3) is 6.94. The smallest absolute Gasteiger partial charge is 0.325 e. The first-order valence-corrected chi connectivity index (χ1v) is 5.95. The Morgan fingerprint density at radius 2 is 1.88 bits per heavy atom. The van der Waals surface area contributed by atoms with E-state index in [0.717, 1.165) is 19.3 Å². The number of likely N-dealkylation sites (N-methyl/N-ethyl adjacent to an activating group) is 1. The minimum absolute atomic E-state index is 0.00691. The van der Waals surface area contributed by atoms with E-state index in [1.807, 2.05) is 13.8 Å². The molecule has 0 aliphatic rings. The molecule has 0 fully saturated rings. The second-order valence-electron chi connectivity index (χ2n) is 4.58. The summed E-state index contributed by atoms with van der Waals surface area (Å²) in [5.41, 5.74) is 5.64. The lowest BCUT2D eigenvalue weighted by Gasteiger charge is -2.20. The van der Waals surface area contributed by atoms with E-state index in [0.29, 0.717) is 0 Å². The monoisotopic (exact) mass is 244 g/mol. The van der Waals surface area contributed by atoms with Gasteiger partial charge in [-0.2, -0.15) is 0 Å². The van der Waals surface area contributed by atoms with Crippen LogP contribution in [-0.4, -0.2) is 43.5 Å². The van der Waals surface area contributed by atoms with Crippen LogP contribution < -0.4 is 5.73 Å². The molecule has 0 radical (unpaired) electrons. The maximum absolute atomic E-state index is 11.9. The predicted molar refractivity (Wildman–Crippen MR) is 66.3 cm³/mol. The fourth-order valence-electron chi connectivity index (χ4n) is 1.58. The molecule has 0 heterocycles. The van der Waals surface area contributed by atoms with Gasteiger partial charge in [0.1, 0.15) is 6.54 Å². The van der Waals surface area contributed by atoms with Crippen LogP contribution in [0.15, 0.2) is 0 Å². The maximum atomic E-state index is 11.9. The largest absolute Gasteiger partial charge is 0.468 e. The minimum Gasteiger partial charge on any atom is -0.468 e. The maximum Gasteiger partial charge on any atom is 0.325 e. The number of amides is 1. The minimum atomic E-state index is -0.399. The SMILES string of the molecule is COC(=O)CN(C)C(=O)C(C)CCCC(C)N. The van der Waals surface area contributed by atoms with Crippen molar-refractivity contribution in [1.82, 2.24) is 4.90 Å². The normalized spacial score (nSPS) is 13.9. The first-order valence-electron chi connectivity index (χ1n) is 5.95. The van der Waals surface area contributed by atoms with Gasteiger partial charge in [-0.3, -0.25) is 9.59 Å². The molecule has 0 bridgehead atoms. The van der Waals surface area contributed by atoms with E-state index in [4.69, 9.17) is 5.73 Å². The van der Waals surface area contributed by atoms with Crippen LogP contribution in [0.1, 0.15) is 33.1 Å². The average molecular weight is 244 g/mol. The van der Waals surface area contributed by atoms with E-state index >= 15 is 0 Å². The number of rotatable bonds is 7. The fraction of sp³-hybridized carbons (Fsp3) is 0.833. The molecule has 0 aromatic carbocycles. The Morgan fingerprint density at radius 3 is 2.35 bits per heavy atom. The Labute approximate surface area is 103 Å². The van der Waals surface area contributed by atoms with Crippen LogP contribution in [0.2, 0.25) is 0 Å². The number of hydrogen-bond acceptors (Lipinski definition) is 4. The van der Waals surface area contributed by atoms with Crippen molar-refractivity contribution in [3.8, 4) is 0 Å². The highest BCUT2D eigenvalue weighted by Crippen LogP contribution is 2.11. The molecule has 0 aromatic rings. The van der Waals surface area contributed by atoms with Crippen molar-refractivity contribution in [2.45, 2.75) is 39.2 Å². The summed E-state index contributed by atoms with van der Waals surface area (Å²) in [6.07, 6.45) is 2.64. The molecule has 0 aromatic heterocycles. The van der Waals surface area contributed by atoms with Crippen LogP contribution >= 0.6 is 0 Å². The highest BCUT2D eigenvalue weighted by molar-refractivity contribution is 5.83. The van der Waals surface area contributed by atoms with Gasteiger partial charge in [0, 0.05) is 19.0 Å². The predicted octanol–water partition coefficient (Wildman–Crippen LogP) is 0.771. The molecule has 0 saturated heterocycles. The summed E-state index contributed by atoms with van der Waals surface area (Å²) in [5, 5.41) is 0. The number of ether oxygens (including phenoxy) is 1. The van der Waals surface area contributed by atoms with Crippen LogP contribution in [0, 0.1) is 5.92 Å². The van der Waals surface area contributed by atoms with E-state index in [1.165, 1.54) is 12.0 Å². The molecule has 0 aliphatic heterocycles. The molecule has 17 heavy (non-hydrogen) atoms. The molecule has 0 aliphatic carbocycles. The van der Waals surface area contributed by atoms with Crippen molar-refractivity contribution < 1.29 is 14.3 Å². The molecule has 2 N–H and O–H groups in total. The van der Waals surface area contributed by atoms with E-state index in [9.17, 15) is 9.59 Å². The van der Waals surface area contributed by atoms with Crippen molar-refractivity contribution >= 4 is 11.9 Å². The highest BCUT2D eigenvalue weighted by Gasteiger charge is 2.19. The van der Waals surface area contributed by atoms with Gasteiger partial charge < -0.3 is 15.4 Å². The third-order valence-corrected chi connectivity index (χ3v) is 2.69. The van der Waals surface area contributed by atoms with Gasteiger partial charge in [0.25, 0.3) is 0 Å². The zero-order chi connectivity index (χ0) is 13.4. The van der Waals surface area contributed by atoms with E-state index in [-0.39, 0.29) is 24.4 Å². The molecule has 5 heteroatoms. The lowest BCUT2D eigenvalue weighted by atomic mass is 10.0. The van der Waals surface area contributed by atoms with Gasteiger partial charge in [-0.15, -0.1) is 0 Å². The molecule has 0 spiro atoms. The number of carbonyl (C=O) groups excluding carboxylic acids is 2. The van der Waals surface area contributed by atoms with Gasteiger partial charge in [-0.25, -0.2) is 0 Å². The van der Waals surface area contributed by atoms with Crippen LogP contribution in [0.25, 0.3) is 0 Å². The van der Waals surface area contributed by atoms with Crippen molar-refractivity contribution in [2.24, 2.45) is 11.7 Å². The number of methoxy groups -OCH3 is 1. The van der Waals surface area contributed by atoms with Crippen molar-refractivity contribution in [1.29, 1.82) is 0 Å². The lowest BCUT2D eigenvalue weighted by molar-refractivity contribution is -0.147. The van der Waals surface area contributed by atoms with Crippen LogP contribution in [0.4, 0.5) is 0 Å². The standard InChI is InChI=1S/C12H24N2O3/c1-9(6-5-7-10(2)13)12(16)14(3)8-11(15)17-4/h9-10H,5-8,13H2,1-4H3. The van der Waals surface area contributed by atoms with Crippen LogP contribution in [-0.2, 0) is 14.3 Å². The van der Waals surface area contributed by atoms with Gasteiger partial charge >= 0.3 is 5.97 Å². The topological polar surface area (TPSA) is 72.6 Å². The Kier molecular flexibility index (Phi) is 7.54. The number of nitrogens with two attached hydrogens (primary N) is 1. The summed E-state index contributed by atoms with van der Waals surface area (Å²) < 4.78 is 4.51. The lowest BCUT2D eigenvalue weighted by Crippen LogP contribution is -2.36. The zero-order valence-electron chi connectivity index (χ0n) is 11.2. The van der Waals surface area contributed by atoms with Crippen LogP contribution in [0.5, 0.6) is 0 Å². The number of carbonyl (C=O) groups is 2. The van der Waals surface area contributed by atoms with Gasteiger partial charge in [-0.1, -0.05) is 13.3 Å². The summed E-state index contributed by atoms with van der Waals surface area (Å²) in [6.45, 7) is 3.83. The molecular weight excluding hydrogens is 220 g/mol. The summed E-state index contributed by atoms with van der Waals surface area (Å²) in [5.74, 6) is -0.507. The van der Waals surface area contributed by atoms with Crippen molar-refractivity contribution in [2.75, 3.05) is 20.7 Å². The molecule has 5 nitrogen and oxygen atoms in total. The van der Waals surface area contributed by atoms with Gasteiger partial charge in [-0.05, 0) is 19.8 Å². The van der Waals surface area contributed by atoms with Gasteiger partial charge in [0.2, 0.25) is 5.91 Å². The number of esters is 1. The zero-order valence-corrected chi connectivity index (χ0v) is 11.2. The van der Waals surface area contributed by atoms with Gasteiger partial charge in [0.15, 0.2) is 0 Å². The highest BCUT2D eigenvalue weighted by atomic mass is 16.5. The summed E-state index contributed by atoms with van der Waals surface area (Å²) in [4.78, 5) is 24.3. The van der Waals surface area contributed by atoms with Crippen molar-refractivity contribution in [3.05, 3.63) is 0 Å². The van der Waals surface area contributed by atoms with Crippen molar-refractivity contribution in [3.63, 3.8) is 0 Å². The van der Waals surface area contributed by atoms with E-state index in [2.05, 4.69) is 4.74 Å². The number of nitrogens with zero attached hydrogens (tertiary/aromatic N) is 1. The second kappa shape index (κ2) is 8.06. The summed E-state index contributed by atoms with van der Waals surface area (Å²) in [7, 11) is 2.92. The van der Waals surface area contributed by atoms with E-state index < -0.39 is 5.97 Å². The molecule has 2 unspecified atom stereocenters. The van der Waals surface area contributed by atoms with Gasteiger partial charge in [0.05, 0.1) is 7.11 Å².